The molecule has 0 aromatic heterocycles. The lowest BCUT2D eigenvalue weighted by Gasteiger charge is -2.27. The Bertz CT molecular complexity index is 409. The maximum Gasteiger partial charge on any atom is 0.0377 e. The number of benzene rings is 1. The average Bonchev–Trinajstić information content (AvgIpc) is 2.36. The third kappa shape index (κ3) is 4.78. The Kier molecular flexibility index (Phi) is 6.37. The van der Waals surface area contributed by atoms with E-state index in [2.05, 4.69) is 58.2 Å². The van der Waals surface area contributed by atoms with Crippen molar-refractivity contribution in [2.75, 3.05) is 18.0 Å². The summed E-state index contributed by atoms with van der Waals surface area (Å²) < 4.78 is 1.23. The first-order valence-corrected chi connectivity index (χ1v) is 8.73. The molecule has 0 unspecified atom stereocenters. The third-order valence-electron chi connectivity index (χ3n) is 3.96. The van der Waals surface area contributed by atoms with E-state index >= 15 is 0 Å². The van der Waals surface area contributed by atoms with Gasteiger partial charge in [-0.25, -0.2) is 0 Å². The Hall–Kier alpha value is -0.540. The molecule has 1 fully saturated rings. The Morgan fingerprint density at radius 3 is 2.35 bits per heavy atom. The van der Waals surface area contributed by atoms with E-state index in [4.69, 9.17) is 0 Å². The van der Waals surface area contributed by atoms with E-state index in [1.165, 1.54) is 60.9 Å². The van der Waals surface area contributed by atoms with Crippen molar-refractivity contribution in [3.8, 4) is 0 Å². The third-order valence-corrected chi connectivity index (χ3v) is 4.70. The van der Waals surface area contributed by atoms with Gasteiger partial charge in [0.2, 0.25) is 0 Å². The molecule has 112 valence electrons. The van der Waals surface area contributed by atoms with Crippen LogP contribution in [0.25, 0.3) is 0 Å². The van der Waals surface area contributed by atoms with Gasteiger partial charge in [-0.2, -0.15) is 0 Å². The van der Waals surface area contributed by atoms with Gasteiger partial charge in [-0.05, 0) is 30.5 Å². The molecule has 0 saturated carbocycles. The summed E-state index contributed by atoms with van der Waals surface area (Å²) in [5.41, 5.74) is 2.71. The van der Waals surface area contributed by atoms with Gasteiger partial charge in [0.25, 0.3) is 0 Å². The molecule has 1 heterocycles. The second kappa shape index (κ2) is 8.04. The van der Waals surface area contributed by atoms with Crippen molar-refractivity contribution < 1.29 is 0 Å². The molecule has 3 heteroatoms. The molecule has 1 aliphatic heterocycles. The SMILES string of the molecule is CC(C)NCc1ccc(N2CCCCCCC2)cc1Br. The van der Waals surface area contributed by atoms with Gasteiger partial charge < -0.3 is 10.2 Å². The number of halogens is 1. The highest BCUT2D eigenvalue weighted by Gasteiger charge is 2.10. The van der Waals surface area contributed by atoms with Gasteiger partial charge in [0.1, 0.15) is 0 Å². The Morgan fingerprint density at radius 1 is 1.10 bits per heavy atom. The maximum absolute atomic E-state index is 3.73. The van der Waals surface area contributed by atoms with Crippen LogP contribution >= 0.6 is 15.9 Å². The molecule has 0 aliphatic carbocycles. The van der Waals surface area contributed by atoms with Crippen LogP contribution in [0.3, 0.4) is 0 Å². The summed E-state index contributed by atoms with van der Waals surface area (Å²) in [5.74, 6) is 0. The van der Waals surface area contributed by atoms with Crippen LogP contribution in [0.2, 0.25) is 0 Å². The van der Waals surface area contributed by atoms with Crippen LogP contribution in [0.4, 0.5) is 5.69 Å². The minimum Gasteiger partial charge on any atom is -0.372 e. The van der Waals surface area contributed by atoms with Crippen molar-refractivity contribution >= 4 is 21.6 Å². The normalized spacial score (nSPS) is 17.1. The number of nitrogens with one attached hydrogen (secondary N) is 1. The van der Waals surface area contributed by atoms with E-state index in [-0.39, 0.29) is 0 Å². The Morgan fingerprint density at radius 2 is 1.75 bits per heavy atom. The molecule has 1 saturated heterocycles. The number of hydrogen-bond acceptors (Lipinski definition) is 2. The van der Waals surface area contributed by atoms with Crippen molar-refractivity contribution in [1.29, 1.82) is 0 Å². The zero-order valence-corrected chi connectivity index (χ0v) is 14.4. The predicted molar refractivity (Wildman–Crippen MR) is 91.4 cm³/mol. The van der Waals surface area contributed by atoms with Gasteiger partial charge in [0, 0.05) is 35.8 Å². The van der Waals surface area contributed by atoms with Crippen LogP contribution < -0.4 is 10.2 Å². The van der Waals surface area contributed by atoms with E-state index in [9.17, 15) is 0 Å². The summed E-state index contributed by atoms with van der Waals surface area (Å²) in [4.78, 5) is 2.55. The van der Waals surface area contributed by atoms with Crippen LogP contribution in [0.15, 0.2) is 22.7 Å². The van der Waals surface area contributed by atoms with Gasteiger partial charge in [-0.1, -0.05) is 55.1 Å². The minimum atomic E-state index is 0.524. The van der Waals surface area contributed by atoms with E-state index < -0.39 is 0 Å². The maximum atomic E-state index is 3.73. The van der Waals surface area contributed by atoms with Gasteiger partial charge in [0.05, 0.1) is 0 Å². The molecule has 1 aromatic rings. The van der Waals surface area contributed by atoms with Crippen LogP contribution in [-0.2, 0) is 6.54 Å². The molecule has 0 amide bonds. The lowest BCUT2D eigenvalue weighted by molar-refractivity contribution is 0.556. The van der Waals surface area contributed by atoms with E-state index in [1.807, 2.05) is 0 Å². The van der Waals surface area contributed by atoms with E-state index in [1.54, 1.807) is 0 Å². The highest BCUT2D eigenvalue weighted by molar-refractivity contribution is 9.10. The number of rotatable bonds is 4. The Balaban J connectivity index is 2.02. The van der Waals surface area contributed by atoms with Gasteiger partial charge in [-0.15, -0.1) is 0 Å². The van der Waals surface area contributed by atoms with Gasteiger partial charge in [-0.3, -0.25) is 0 Å². The molecule has 20 heavy (non-hydrogen) atoms. The predicted octanol–water partition coefficient (Wildman–Crippen LogP) is 4.72. The second-order valence-electron chi connectivity index (χ2n) is 6.07. The van der Waals surface area contributed by atoms with Crippen LogP contribution in [0.1, 0.15) is 51.5 Å². The second-order valence-corrected chi connectivity index (χ2v) is 6.92. The zero-order valence-electron chi connectivity index (χ0n) is 12.8. The lowest BCUT2D eigenvalue weighted by atomic mass is 10.1. The first-order valence-electron chi connectivity index (χ1n) is 7.93. The molecular formula is C17H27BrN2. The average molecular weight is 339 g/mol. The van der Waals surface area contributed by atoms with Gasteiger partial charge >= 0.3 is 0 Å². The van der Waals surface area contributed by atoms with E-state index in [0.29, 0.717) is 6.04 Å². The zero-order chi connectivity index (χ0) is 14.4. The largest absolute Gasteiger partial charge is 0.372 e. The molecule has 0 radical (unpaired) electrons. The summed E-state index contributed by atoms with van der Waals surface area (Å²) in [5, 5.41) is 3.48. The Labute approximate surface area is 132 Å². The van der Waals surface area contributed by atoms with Crippen LogP contribution in [0, 0.1) is 0 Å². The summed E-state index contributed by atoms with van der Waals surface area (Å²) in [7, 11) is 0. The molecular weight excluding hydrogens is 312 g/mol. The van der Waals surface area contributed by atoms with Crippen LogP contribution in [-0.4, -0.2) is 19.1 Å². The molecule has 2 rings (SSSR count). The molecule has 1 N–H and O–H groups in total. The highest BCUT2D eigenvalue weighted by atomic mass is 79.9. The first-order chi connectivity index (χ1) is 9.66. The van der Waals surface area contributed by atoms with Crippen molar-refractivity contribution in [2.45, 2.75) is 58.5 Å². The topological polar surface area (TPSA) is 15.3 Å². The fourth-order valence-corrected chi connectivity index (χ4v) is 3.20. The molecule has 0 spiro atoms. The summed E-state index contributed by atoms with van der Waals surface area (Å²) in [6.45, 7) is 7.70. The monoisotopic (exact) mass is 338 g/mol. The summed E-state index contributed by atoms with van der Waals surface area (Å²) in [6.07, 6.45) is 6.84. The molecule has 1 aliphatic rings. The lowest BCUT2D eigenvalue weighted by Crippen LogP contribution is -2.27. The van der Waals surface area contributed by atoms with Crippen molar-refractivity contribution in [1.82, 2.24) is 5.32 Å². The standard InChI is InChI=1S/C17H27BrN2/c1-14(2)19-13-15-8-9-16(12-17(15)18)20-10-6-4-3-5-7-11-20/h8-9,12,14,19H,3-7,10-11,13H2,1-2H3. The quantitative estimate of drug-likeness (QED) is 0.854. The molecule has 1 aromatic carbocycles. The van der Waals surface area contributed by atoms with Crippen molar-refractivity contribution in [2.24, 2.45) is 0 Å². The van der Waals surface area contributed by atoms with Crippen molar-refractivity contribution in [3.05, 3.63) is 28.2 Å². The fraction of sp³-hybridized carbons (Fsp3) is 0.647. The molecule has 0 atom stereocenters. The molecule has 0 bridgehead atoms. The molecule has 2 nitrogen and oxygen atoms in total. The number of hydrogen-bond donors (Lipinski definition) is 1. The summed E-state index contributed by atoms with van der Waals surface area (Å²) in [6, 6.07) is 7.35. The minimum absolute atomic E-state index is 0.524. The highest BCUT2D eigenvalue weighted by Crippen LogP contribution is 2.26. The summed E-state index contributed by atoms with van der Waals surface area (Å²) >= 11 is 3.73. The first kappa shape index (κ1) is 15.8. The van der Waals surface area contributed by atoms with E-state index in [0.717, 1.165) is 6.54 Å². The van der Waals surface area contributed by atoms with Crippen LogP contribution in [0.5, 0.6) is 0 Å². The van der Waals surface area contributed by atoms with Crippen molar-refractivity contribution in [3.63, 3.8) is 0 Å². The smallest absolute Gasteiger partial charge is 0.0377 e. The fourth-order valence-electron chi connectivity index (χ4n) is 2.70. The number of nitrogens with zero attached hydrogens (tertiary/aromatic N) is 1. The number of anilines is 1. The van der Waals surface area contributed by atoms with Gasteiger partial charge in [0.15, 0.2) is 0 Å².